The number of nitrogens with zero attached hydrogens (tertiary/aromatic N) is 1. The number of carboxylic acids is 1. The lowest BCUT2D eigenvalue weighted by molar-refractivity contribution is -0.142. The largest absolute Gasteiger partial charge is 0.480 e. The van der Waals surface area contributed by atoms with E-state index in [1.54, 1.807) is 0 Å². The summed E-state index contributed by atoms with van der Waals surface area (Å²) in [5.74, 6) is -2.96. The fraction of sp³-hybridized carbons (Fsp3) is 0.688. The van der Waals surface area contributed by atoms with E-state index in [0.717, 1.165) is 0 Å². The Morgan fingerprint density at radius 1 is 1.04 bits per heavy atom. The number of carbonyl (C=O) groups excluding carboxylic acids is 3. The maximum Gasteiger partial charge on any atom is 0.326 e. The van der Waals surface area contributed by atoms with E-state index >= 15 is 0 Å². The molecule has 0 spiro atoms. The molecule has 0 radical (unpaired) electrons. The summed E-state index contributed by atoms with van der Waals surface area (Å²) in [5.41, 5.74) is 15.5. The van der Waals surface area contributed by atoms with Gasteiger partial charge in [-0.05, 0) is 25.2 Å². The van der Waals surface area contributed by atoms with Crippen molar-refractivity contribution in [2.45, 2.75) is 45.2 Å². The number of amides is 3. The molecule has 2 unspecified atom stereocenters. The molecular formula is C16H31N7O5. The monoisotopic (exact) mass is 401 g/mol. The highest BCUT2D eigenvalue weighted by atomic mass is 16.4. The van der Waals surface area contributed by atoms with Crippen LogP contribution in [0, 0.1) is 5.92 Å². The molecule has 0 heterocycles. The molecule has 160 valence electrons. The zero-order chi connectivity index (χ0) is 21.7. The summed E-state index contributed by atoms with van der Waals surface area (Å²) in [6, 6.07) is -2.09. The highest BCUT2D eigenvalue weighted by Crippen LogP contribution is 2.07. The van der Waals surface area contributed by atoms with E-state index in [1.165, 1.54) is 0 Å². The van der Waals surface area contributed by atoms with Gasteiger partial charge in [-0.3, -0.25) is 19.4 Å². The first-order chi connectivity index (χ1) is 13.1. The number of rotatable bonds is 13. The van der Waals surface area contributed by atoms with Gasteiger partial charge >= 0.3 is 5.97 Å². The van der Waals surface area contributed by atoms with Gasteiger partial charge in [0.1, 0.15) is 12.1 Å². The van der Waals surface area contributed by atoms with Gasteiger partial charge in [0.2, 0.25) is 17.7 Å². The van der Waals surface area contributed by atoms with Crippen LogP contribution in [0.4, 0.5) is 0 Å². The van der Waals surface area contributed by atoms with Gasteiger partial charge in [0.15, 0.2) is 5.96 Å². The fourth-order valence-corrected chi connectivity index (χ4v) is 2.23. The minimum Gasteiger partial charge on any atom is -0.480 e. The Labute approximate surface area is 163 Å². The van der Waals surface area contributed by atoms with E-state index in [0.29, 0.717) is 12.8 Å². The van der Waals surface area contributed by atoms with Gasteiger partial charge < -0.3 is 38.3 Å². The molecule has 0 aromatic rings. The van der Waals surface area contributed by atoms with Crippen LogP contribution < -0.4 is 33.2 Å². The Kier molecular flexibility index (Phi) is 11.9. The molecule has 12 nitrogen and oxygen atoms in total. The lowest BCUT2D eigenvalue weighted by Crippen LogP contribution is -2.53. The standard InChI is InChI=1S/C16H31N7O5/c1-9(2)6-11(22-13(25)8-21-12(24)7-17)14(26)23-10(15(27)28)4-3-5-20-16(18)19/h9-11H,3-8,17H2,1-2H3,(H,21,24)(H,22,25)(H,23,26)(H,27,28)(H4,18,19,20). The molecule has 0 aliphatic heterocycles. The quantitative estimate of drug-likeness (QED) is 0.0970. The average Bonchev–Trinajstić information content (AvgIpc) is 2.60. The first-order valence-corrected chi connectivity index (χ1v) is 8.91. The smallest absolute Gasteiger partial charge is 0.326 e. The molecule has 0 fully saturated rings. The average molecular weight is 401 g/mol. The highest BCUT2D eigenvalue weighted by molar-refractivity contribution is 5.92. The molecule has 0 aliphatic rings. The van der Waals surface area contributed by atoms with Gasteiger partial charge in [-0.15, -0.1) is 0 Å². The molecule has 0 saturated carbocycles. The highest BCUT2D eigenvalue weighted by Gasteiger charge is 2.27. The summed E-state index contributed by atoms with van der Waals surface area (Å²) in [5, 5.41) is 16.5. The molecule has 0 aromatic carbocycles. The van der Waals surface area contributed by atoms with Crippen LogP contribution in [0.5, 0.6) is 0 Å². The lowest BCUT2D eigenvalue weighted by Gasteiger charge is -2.22. The zero-order valence-corrected chi connectivity index (χ0v) is 16.2. The van der Waals surface area contributed by atoms with Gasteiger partial charge in [-0.25, -0.2) is 4.79 Å². The van der Waals surface area contributed by atoms with Gasteiger partial charge in [-0.1, -0.05) is 13.8 Å². The minimum atomic E-state index is -1.21. The molecule has 0 saturated heterocycles. The van der Waals surface area contributed by atoms with E-state index in [-0.39, 0.29) is 37.9 Å². The predicted molar refractivity (Wildman–Crippen MR) is 103 cm³/mol. The molecule has 2 atom stereocenters. The number of aliphatic imine (C=N–C) groups is 1. The number of aliphatic carboxylic acids is 1. The number of nitrogens with two attached hydrogens (primary N) is 3. The Balaban J connectivity index is 4.86. The molecule has 3 amide bonds. The van der Waals surface area contributed by atoms with Gasteiger partial charge in [0.25, 0.3) is 0 Å². The van der Waals surface area contributed by atoms with Crippen LogP contribution in [0.3, 0.4) is 0 Å². The Morgan fingerprint density at radius 3 is 2.18 bits per heavy atom. The van der Waals surface area contributed by atoms with Crippen molar-refractivity contribution >= 4 is 29.7 Å². The second kappa shape index (κ2) is 13.3. The van der Waals surface area contributed by atoms with Gasteiger partial charge in [0.05, 0.1) is 13.1 Å². The van der Waals surface area contributed by atoms with E-state index < -0.39 is 35.8 Å². The molecule has 28 heavy (non-hydrogen) atoms. The maximum atomic E-state index is 12.5. The second-order valence-corrected chi connectivity index (χ2v) is 6.58. The third-order valence-electron chi connectivity index (χ3n) is 3.55. The Morgan fingerprint density at radius 2 is 1.68 bits per heavy atom. The Hall–Kier alpha value is -2.89. The van der Waals surface area contributed by atoms with Crippen molar-refractivity contribution in [1.29, 1.82) is 0 Å². The topological polar surface area (TPSA) is 215 Å². The summed E-state index contributed by atoms with van der Waals surface area (Å²) in [6.45, 7) is 3.34. The van der Waals surface area contributed by atoms with Crippen LogP contribution in [-0.4, -0.2) is 66.5 Å². The van der Waals surface area contributed by atoms with Crippen LogP contribution in [0.25, 0.3) is 0 Å². The van der Waals surface area contributed by atoms with Crippen molar-refractivity contribution in [1.82, 2.24) is 16.0 Å². The summed E-state index contributed by atoms with van der Waals surface area (Å²) in [7, 11) is 0. The molecule has 0 aromatic heterocycles. The van der Waals surface area contributed by atoms with Crippen LogP contribution in [-0.2, 0) is 19.2 Å². The third-order valence-corrected chi connectivity index (χ3v) is 3.55. The lowest BCUT2D eigenvalue weighted by atomic mass is 10.0. The zero-order valence-electron chi connectivity index (χ0n) is 16.2. The summed E-state index contributed by atoms with van der Waals surface area (Å²) in [6.07, 6.45) is 0.761. The van der Waals surface area contributed by atoms with Gasteiger partial charge in [-0.2, -0.15) is 0 Å². The molecule has 0 rings (SSSR count). The summed E-state index contributed by atoms with van der Waals surface area (Å²) >= 11 is 0. The molecular weight excluding hydrogens is 370 g/mol. The number of hydrogen-bond acceptors (Lipinski definition) is 6. The van der Waals surface area contributed by atoms with Crippen molar-refractivity contribution in [2.75, 3.05) is 19.6 Å². The van der Waals surface area contributed by atoms with Crippen molar-refractivity contribution in [3.05, 3.63) is 0 Å². The van der Waals surface area contributed by atoms with Crippen LogP contribution in [0.1, 0.15) is 33.1 Å². The maximum absolute atomic E-state index is 12.5. The summed E-state index contributed by atoms with van der Waals surface area (Å²) in [4.78, 5) is 50.7. The predicted octanol–water partition coefficient (Wildman–Crippen LogP) is -2.78. The van der Waals surface area contributed by atoms with Crippen molar-refractivity contribution in [2.24, 2.45) is 28.1 Å². The minimum absolute atomic E-state index is 0.0554. The van der Waals surface area contributed by atoms with Crippen molar-refractivity contribution < 1.29 is 24.3 Å². The Bertz CT molecular complexity index is 576. The SMILES string of the molecule is CC(C)CC(NC(=O)CNC(=O)CN)C(=O)NC(CCCN=C(N)N)C(=O)O. The second-order valence-electron chi connectivity index (χ2n) is 6.58. The van der Waals surface area contributed by atoms with Crippen molar-refractivity contribution in [3.8, 4) is 0 Å². The first kappa shape index (κ1) is 25.1. The van der Waals surface area contributed by atoms with Crippen molar-refractivity contribution in [3.63, 3.8) is 0 Å². The molecule has 12 heteroatoms. The molecule has 0 bridgehead atoms. The van der Waals surface area contributed by atoms with Crippen LogP contribution in [0.2, 0.25) is 0 Å². The number of carboxylic acid groups (broad SMARTS) is 1. The molecule has 0 aliphatic carbocycles. The number of guanidine groups is 1. The number of carbonyl (C=O) groups is 4. The third kappa shape index (κ3) is 11.7. The van der Waals surface area contributed by atoms with E-state index in [2.05, 4.69) is 20.9 Å². The number of hydrogen-bond donors (Lipinski definition) is 7. The van der Waals surface area contributed by atoms with Gasteiger partial charge in [0, 0.05) is 6.54 Å². The first-order valence-electron chi connectivity index (χ1n) is 8.91. The van der Waals surface area contributed by atoms with Crippen LogP contribution >= 0.6 is 0 Å². The molecule has 10 N–H and O–H groups in total. The van der Waals surface area contributed by atoms with Crippen LogP contribution in [0.15, 0.2) is 4.99 Å². The summed E-state index contributed by atoms with van der Waals surface area (Å²) < 4.78 is 0. The van der Waals surface area contributed by atoms with E-state index in [4.69, 9.17) is 17.2 Å². The number of nitrogens with one attached hydrogen (secondary N) is 3. The fourth-order valence-electron chi connectivity index (χ4n) is 2.23. The van der Waals surface area contributed by atoms with E-state index in [1.807, 2.05) is 13.8 Å². The normalized spacial score (nSPS) is 12.6. The van der Waals surface area contributed by atoms with E-state index in [9.17, 15) is 24.3 Å².